The summed E-state index contributed by atoms with van der Waals surface area (Å²) in [6, 6.07) is 8.29. The van der Waals surface area contributed by atoms with Gasteiger partial charge in [-0.2, -0.15) is 5.26 Å². The van der Waals surface area contributed by atoms with Gasteiger partial charge in [0.15, 0.2) is 11.6 Å². The number of aryl methyl sites for hydroxylation is 1. The van der Waals surface area contributed by atoms with Gasteiger partial charge in [-0.05, 0) is 48.6 Å². The average Bonchev–Trinajstić information content (AvgIpc) is 2.98. The second kappa shape index (κ2) is 5.64. The van der Waals surface area contributed by atoms with E-state index >= 15 is 0 Å². The topological polar surface area (TPSA) is 55.0 Å². The lowest BCUT2D eigenvalue weighted by atomic mass is 10.1. The van der Waals surface area contributed by atoms with Crippen molar-refractivity contribution in [1.29, 1.82) is 5.26 Å². The number of nitrogens with zero attached hydrogens (tertiary/aromatic N) is 2. The van der Waals surface area contributed by atoms with Crippen molar-refractivity contribution in [3.63, 3.8) is 0 Å². The Bertz CT molecular complexity index is 834. The number of fused-ring (bicyclic) bond motifs is 1. The zero-order valence-corrected chi connectivity index (χ0v) is 12.2. The molecule has 0 unspecified atom stereocenters. The summed E-state index contributed by atoms with van der Waals surface area (Å²) in [6.07, 6.45) is 2.66. The van der Waals surface area contributed by atoms with E-state index < -0.39 is 5.82 Å². The molecule has 0 saturated heterocycles. The number of rotatable bonds is 3. The van der Waals surface area contributed by atoms with E-state index in [1.54, 1.807) is 22.8 Å². The zero-order chi connectivity index (χ0) is 15.7. The first-order valence-electron chi connectivity index (χ1n) is 7.12. The minimum atomic E-state index is -0.457. The van der Waals surface area contributed by atoms with Crippen LogP contribution in [0.3, 0.4) is 0 Å². The molecule has 0 atom stereocenters. The predicted molar refractivity (Wildman–Crippen MR) is 79.5 cm³/mol. The number of benzene rings is 1. The molecule has 3 rings (SSSR count). The van der Waals surface area contributed by atoms with Gasteiger partial charge in [-0.3, -0.25) is 4.79 Å². The third-order valence-electron chi connectivity index (χ3n) is 4.03. The third-order valence-corrected chi connectivity index (χ3v) is 4.03. The highest BCUT2D eigenvalue weighted by Crippen LogP contribution is 2.23. The summed E-state index contributed by atoms with van der Waals surface area (Å²) in [4.78, 5) is 12.4. The fraction of sp³-hybridized carbons (Fsp3) is 0.294. The highest BCUT2D eigenvalue weighted by molar-refractivity contribution is 5.37. The lowest BCUT2D eigenvalue weighted by Gasteiger charge is -2.13. The van der Waals surface area contributed by atoms with E-state index in [-0.39, 0.29) is 23.4 Å². The van der Waals surface area contributed by atoms with Gasteiger partial charge in [0.25, 0.3) is 5.56 Å². The van der Waals surface area contributed by atoms with Gasteiger partial charge in [0.2, 0.25) is 0 Å². The van der Waals surface area contributed by atoms with Crippen LogP contribution in [0.1, 0.15) is 28.8 Å². The minimum absolute atomic E-state index is 0.148. The Morgan fingerprint density at radius 3 is 2.86 bits per heavy atom. The normalized spacial score (nSPS) is 12.8. The second-order valence-electron chi connectivity index (χ2n) is 5.36. The maximum atomic E-state index is 13.8. The molecule has 0 spiro atoms. The monoisotopic (exact) mass is 298 g/mol. The lowest BCUT2D eigenvalue weighted by molar-refractivity contribution is 0.386. The molecule has 0 fully saturated rings. The molecule has 0 saturated carbocycles. The SMILES string of the molecule is COc1ccc(Cn2c3c(cc(C#N)c2=O)CCC3)cc1F. The van der Waals surface area contributed by atoms with Gasteiger partial charge >= 0.3 is 0 Å². The molecular weight excluding hydrogens is 283 g/mol. The summed E-state index contributed by atoms with van der Waals surface area (Å²) in [7, 11) is 1.41. The number of hydrogen-bond acceptors (Lipinski definition) is 3. The van der Waals surface area contributed by atoms with Crippen LogP contribution in [0.5, 0.6) is 5.75 Å². The van der Waals surface area contributed by atoms with Crippen molar-refractivity contribution < 1.29 is 9.13 Å². The number of nitriles is 1. The van der Waals surface area contributed by atoms with Gasteiger partial charge in [0, 0.05) is 5.69 Å². The first-order valence-corrected chi connectivity index (χ1v) is 7.12. The molecule has 1 aliphatic rings. The molecule has 1 aromatic carbocycles. The first-order chi connectivity index (χ1) is 10.6. The van der Waals surface area contributed by atoms with Crippen molar-refractivity contribution in [3.8, 4) is 11.8 Å². The number of hydrogen-bond donors (Lipinski definition) is 0. The molecule has 1 aliphatic carbocycles. The summed E-state index contributed by atoms with van der Waals surface area (Å²) >= 11 is 0. The quantitative estimate of drug-likeness (QED) is 0.874. The number of ether oxygens (including phenoxy) is 1. The molecule has 0 bridgehead atoms. The molecule has 5 heteroatoms. The highest BCUT2D eigenvalue weighted by atomic mass is 19.1. The van der Waals surface area contributed by atoms with E-state index in [4.69, 9.17) is 10.00 Å². The van der Waals surface area contributed by atoms with Crippen LogP contribution >= 0.6 is 0 Å². The molecule has 0 amide bonds. The van der Waals surface area contributed by atoms with Crippen LogP contribution in [-0.2, 0) is 19.4 Å². The van der Waals surface area contributed by atoms with Gasteiger partial charge < -0.3 is 9.30 Å². The fourth-order valence-electron chi connectivity index (χ4n) is 2.96. The van der Waals surface area contributed by atoms with Crippen LogP contribution < -0.4 is 10.3 Å². The summed E-state index contributed by atoms with van der Waals surface area (Å²) in [5, 5.41) is 9.11. The Kier molecular flexibility index (Phi) is 3.68. The van der Waals surface area contributed by atoms with Crippen LogP contribution in [0.2, 0.25) is 0 Å². The van der Waals surface area contributed by atoms with Gasteiger partial charge in [-0.1, -0.05) is 6.07 Å². The van der Waals surface area contributed by atoms with Crippen LogP contribution in [-0.4, -0.2) is 11.7 Å². The van der Waals surface area contributed by atoms with Crippen molar-refractivity contribution in [2.45, 2.75) is 25.8 Å². The van der Waals surface area contributed by atoms with E-state index in [9.17, 15) is 9.18 Å². The Morgan fingerprint density at radius 1 is 1.36 bits per heavy atom. The van der Waals surface area contributed by atoms with Crippen molar-refractivity contribution in [3.05, 3.63) is 62.8 Å². The second-order valence-corrected chi connectivity index (χ2v) is 5.36. The Hall–Kier alpha value is -2.61. The van der Waals surface area contributed by atoms with E-state index in [1.807, 2.05) is 6.07 Å². The smallest absolute Gasteiger partial charge is 0.268 e. The van der Waals surface area contributed by atoms with Crippen molar-refractivity contribution in [1.82, 2.24) is 4.57 Å². The average molecular weight is 298 g/mol. The molecule has 2 aromatic rings. The molecule has 0 N–H and O–H groups in total. The molecule has 1 heterocycles. The number of halogens is 1. The lowest BCUT2D eigenvalue weighted by Crippen LogP contribution is -2.26. The fourth-order valence-corrected chi connectivity index (χ4v) is 2.96. The number of aromatic nitrogens is 1. The van der Waals surface area contributed by atoms with Gasteiger partial charge in [-0.15, -0.1) is 0 Å². The van der Waals surface area contributed by atoms with E-state index in [2.05, 4.69) is 0 Å². The summed E-state index contributed by atoms with van der Waals surface area (Å²) < 4.78 is 20.3. The Balaban J connectivity index is 2.06. The highest BCUT2D eigenvalue weighted by Gasteiger charge is 2.19. The number of methoxy groups -OCH3 is 1. The summed E-state index contributed by atoms with van der Waals surface area (Å²) in [5.41, 5.74) is 2.52. The minimum Gasteiger partial charge on any atom is -0.494 e. The van der Waals surface area contributed by atoms with Gasteiger partial charge in [0.1, 0.15) is 11.6 Å². The third kappa shape index (κ3) is 2.37. The van der Waals surface area contributed by atoms with E-state index in [1.165, 1.54) is 13.2 Å². The predicted octanol–water partition coefficient (Wildman–Crippen LogP) is 2.40. The van der Waals surface area contributed by atoms with Crippen molar-refractivity contribution in [2.75, 3.05) is 7.11 Å². The van der Waals surface area contributed by atoms with E-state index in [0.29, 0.717) is 5.56 Å². The molecule has 4 nitrogen and oxygen atoms in total. The first kappa shape index (κ1) is 14.3. The Morgan fingerprint density at radius 2 is 2.18 bits per heavy atom. The molecule has 112 valence electrons. The van der Waals surface area contributed by atoms with Crippen LogP contribution in [0.4, 0.5) is 4.39 Å². The molecular formula is C17H15FN2O2. The van der Waals surface area contributed by atoms with Gasteiger partial charge in [-0.25, -0.2) is 4.39 Å². The van der Waals surface area contributed by atoms with Crippen LogP contribution in [0.15, 0.2) is 29.1 Å². The van der Waals surface area contributed by atoms with Crippen LogP contribution in [0.25, 0.3) is 0 Å². The Labute approximate surface area is 127 Å². The summed E-state index contributed by atoms with van der Waals surface area (Å²) in [6.45, 7) is 0.262. The summed E-state index contributed by atoms with van der Waals surface area (Å²) in [5.74, 6) is -0.284. The largest absolute Gasteiger partial charge is 0.494 e. The maximum absolute atomic E-state index is 13.8. The van der Waals surface area contributed by atoms with E-state index in [0.717, 1.165) is 30.5 Å². The standard InChI is InChI=1S/C17H15FN2O2/c1-22-16-6-5-11(7-14(16)18)10-20-15-4-2-3-12(15)8-13(9-19)17(20)21/h5-8H,2-4,10H2,1H3. The molecule has 1 aromatic heterocycles. The van der Waals surface area contributed by atoms with Crippen molar-refractivity contribution in [2.24, 2.45) is 0 Å². The number of pyridine rings is 1. The molecule has 0 radical (unpaired) electrons. The van der Waals surface area contributed by atoms with Crippen LogP contribution in [0, 0.1) is 17.1 Å². The van der Waals surface area contributed by atoms with Crippen molar-refractivity contribution >= 4 is 0 Å². The molecule has 0 aliphatic heterocycles. The maximum Gasteiger partial charge on any atom is 0.268 e. The molecule has 22 heavy (non-hydrogen) atoms. The van der Waals surface area contributed by atoms with Gasteiger partial charge in [0.05, 0.1) is 13.7 Å². The zero-order valence-electron chi connectivity index (χ0n) is 12.2.